The standard InChI is InChI=1S/C16H15FN4O2/c1-21(16(22)10-5-6-18-15(7-10)23-2)9-14-19-12-4-3-11(17)8-13(12)20-14/h3-8H,9H2,1-2H3,(H,19,20). The number of nitrogens with one attached hydrogen (secondary N) is 1. The predicted molar refractivity (Wildman–Crippen MR) is 82.6 cm³/mol. The molecule has 0 saturated heterocycles. The number of imidazole rings is 1. The number of fused-ring (bicyclic) bond motifs is 1. The molecule has 0 unspecified atom stereocenters. The predicted octanol–water partition coefficient (Wildman–Crippen LogP) is 2.38. The fourth-order valence-electron chi connectivity index (χ4n) is 2.28. The number of hydrogen-bond acceptors (Lipinski definition) is 4. The van der Waals surface area contributed by atoms with Crippen LogP contribution in [-0.4, -0.2) is 39.9 Å². The maximum Gasteiger partial charge on any atom is 0.254 e. The van der Waals surface area contributed by atoms with Gasteiger partial charge in [-0.2, -0.15) is 0 Å². The molecule has 2 heterocycles. The highest BCUT2D eigenvalue weighted by Gasteiger charge is 2.15. The number of aromatic amines is 1. The van der Waals surface area contributed by atoms with Crippen LogP contribution in [0.5, 0.6) is 5.88 Å². The fourth-order valence-corrected chi connectivity index (χ4v) is 2.28. The molecule has 0 spiro atoms. The minimum Gasteiger partial charge on any atom is -0.481 e. The van der Waals surface area contributed by atoms with Crippen LogP contribution < -0.4 is 4.74 Å². The number of amides is 1. The van der Waals surface area contributed by atoms with Gasteiger partial charge in [0.25, 0.3) is 5.91 Å². The van der Waals surface area contributed by atoms with E-state index in [4.69, 9.17) is 4.74 Å². The summed E-state index contributed by atoms with van der Waals surface area (Å²) in [7, 11) is 3.16. The van der Waals surface area contributed by atoms with Crippen molar-refractivity contribution in [2.24, 2.45) is 0 Å². The summed E-state index contributed by atoms with van der Waals surface area (Å²) in [4.78, 5) is 25.3. The molecule has 0 atom stereocenters. The molecular weight excluding hydrogens is 299 g/mol. The monoisotopic (exact) mass is 314 g/mol. The number of carbonyl (C=O) groups is 1. The van der Waals surface area contributed by atoms with E-state index in [9.17, 15) is 9.18 Å². The lowest BCUT2D eigenvalue weighted by atomic mass is 10.2. The molecule has 0 fully saturated rings. The molecule has 0 aliphatic rings. The Hall–Kier alpha value is -2.96. The molecule has 0 radical (unpaired) electrons. The van der Waals surface area contributed by atoms with Gasteiger partial charge >= 0.3 is 0 Å². The van der Waals surface area contributed by atoms with E-state index in [1.807, 2.05) is 0 Å². The van der Waals surface area contributed by atoms with E-state index >= 15 is 0 Å². The minimum atomic E-state index is -0.332. The third-order valence-electron chi connectivity index (χ3n) is 3.42. The topological polar surface area (TPSA) is 71.1 Å². The molecule has 6 nitrogen and oxygen atoms in total. The van der Waals surface area contributed by atoms with E-state index in [1.54, 1.807) is 25.2 Å². The lowest BCUT2D eigenvalue weighted by Crippen LogP contribution is -2.26. The zero-order valence-electron chi connectivity index (χ0n) is 12.7. The fraction of sp³-hybridized carbons (Fsp3) is 0.188. The number of nitrogens with zero attached hydrogens (tertiary/aromatic N) is 3. The van der Waals surface area contributed by atoms with Crippen molar-refractivity contribution >= 4 is 16.9 Å². The van der Waals surface area contributed by atoms with Gasteiger partial charge in [0.2, 0.25) is 5.88 Å². The normalized spacial score (nSPS) is 10.7. The Morgan fingerprint density at radius 3 is 2.96 bits per heavy atom. The Labute approximate surface area is 131 Å². The van der Waals surface area contributed by atoms with Crippen molar-refractivity contribution < 1.29 is 13.9 Å². The first-order valence-electron chi connectivity index (χ1n) is 6.96. The van der Waals surface area contributed by atoms with Crippen LogP contribution in [0.2, 0.25) is 0 Å². The molecule has 3 rings (SSSR count). The van der Waals surface area contributed by atoms with Gasteiger partial charge in [-0.05, 0) is 24.3 Å². The Morgan fingerprint density at radius 2 is 2.17 bits per heavy atom. The van der Waals surface area contributed by atoms with Crippen molar-refractivity contribution in [2.75, 3.05) is 14.2 Å². The number of aromatic nitrogens is 3. The summed E-state index contributed by atoms with van der Waals surface area (Å²) in [5, 5.41) is 0. The van der Waals surface area contributed by atoms with Crippen LogP contribution in [0.4, 0.5) is 4.39 Å². The van der Waals surface area contributed by atoms with E-state index in [-0.39, 0.29) is 18.3 Å². The number of rotatable bonds is 4. The smallest absolute Gasteiger partial charge is 0.254 e. The van der Waals surface area contributed by atoms with Crippen LogP contribution in [0.15, 0.2) is 36.5 Å². The van der Waals surface area contributed by atoms with Crippen LogP contribution >= 0.6 is 0 Å². The van der Waals surface area contributed by atoms with Crippen molar-refractivity contribution in [3.05, 3.63) is 53.7 Å². The van der Waals surface area contributed by atoms with Gasteiger partial charge in [0, 0.05) is 24.9 Å². The molecule has 118 valence electrons. The van der Waals surface area contributed by atoms with Crippen molar-refractivity contribution in [3.8, 4) is 5.88 Å². The molecule has 0 aliphatic heterocycles. The van der Waals surface area contributed by atoms with Crippen molar-refractivity contribution in [1.82, 2.24) is 19.9 Å². The summed E-state index contributed by atoms with van der Waals surface area (Å²) >= 11 is 0. The van der Waals surface area contributed by atoms with Gasteiger partial charge in [0.1, 0.15) is 11.6 Å². The number of H-pyrrole nitrogens is 1. The average Bonchev–Trinajstić information content (AvgIpc) is 2.95. The number of carbonyl (C=O) groups excluding carboxylic acids is 1. The second-order valence-electron chi connectivity index (χ2n) is 5.09. The van der Waals surface area contributed by atoms with Crippen LogP contribution in [-0.2, 0) is 6.54 Å². The molecule has 0 bridgehead atoms. The van der Waals surface area contributed by atoms with Gasteiger partial charge in [0.15, 0.2) is 0 Å². The van der Waals surface area contributed by atoms with E-state index in [2.05, 4.69) is 15.0 Å². The van der Waals surface area contributed by atoms with Crippen LogP contribution in [0, 0.1) is 5.82 Å². The number of benzene rings is 1. The maximum absolute atomic E-state index is 13.2. The number of ether oxygens (including phenoxy) is 1. The number of hydrogen-bond donors (Lipinski definition) is 1. The summed E-state index contributed by atoms with van der Waals surface area (Å²) in [6.45, 7) is 0.278. The third kappa shape index (κ3) is 3.13. The quantitative estimate of drug-likeness (QED) is 0.802. The Balaban J connectivity index is 1.79. The Bertz CT molecular complexity index is 862. The van der Waals surface area contributed by atoms with Crippen LogP contribution in [0.1, 0.15) is 16.2 Å². The van der Waals surface area contributed by atoms with E-state index in [0.29, 0.717) is 28.3 Å². The molecule has 0 saturated carbocycles. The van der Waals surface area contributed by atoms with E-state index in [1.165, 1.54) is 30.3 Å². The second-order valence-corrected chi connectivity index (χ2v) is 5.09. The van der Waals surface area contributed by atoms with Crippen LogP contribution in [0.3, 0.4) is 0 Å². The minimum absolute atomic E-state index is 0.183. The van der Waals surface area contributed by atoms with Gasteiger partial charge in [-0.1, -0.05) is 0 Å². The molecule has 2 aromatic heterocycles. The lowest BCUT2D eigenvalue weighted by molar-refractivity contribution is 0.0781. The van der Waals surface area contributed by atoms with Crippen molar-refractivity contribution in [2.45, 2.75) is 6.54 Å². The van der Waals surface area contributed by atoms with Gasteiger partial charge in [-0.25, -0.2) is 14.4 Å². The molecule has 1 aromatic carbocycles. The summed E-state index contributed by atoms with van der Waals surface area (Å²) in [6.07, 6.45) is 1.52. The first kappa shape index (κ1) is 15.0. The Morgan fingerprint density at radius 1 is 1.35 bits per heavy atom. The number of pyridine rings is 1. The summed E-state index contributed by atoms with van der Waals surface area (Å²) in [5.74, 6) is 0.448. The van der Waals surface area contributed by atoms with Crippen LogP contribution in [0.25, 0.3) is 11.0 Å². The van der Waals surface area contributed by atoms with Gasteiger partial charge < -0.3 is 14.6 Å². The summed E-state index contributed by atoms with van der Waals surface area (Å²) < 4.78 is 18.2. The molecule has 3 aromatic rings. The summed E-state index contributed by atoms with van der Waals surface area (Å²) in [5.41, 5.74) is 1.74. The highest BCUT2D eigenvalue weighted by atomic mass is 19.1. The van der Waals surface area contributed by atoms with E-state index in [0.717, 1.165) is 0 Å². The average molecular weight is 314 g/mol. The highest BCUT2D eigenvalue weighted by Crippen LogP contribution is 2.15. The lowest BCUT2D eigenvalue weighted by Gasteiger charge is -2.15. The Kier molecular flexibility index (Phi) is 3.92. The summed E-state index contributed by atoms with van der Waals surface area (Å²) in [6, 6.07) is 7.52. The maximum atomic E-state index is 13.2. The SMILES string of the molecule is COc1cc(C(=O)N(C)Cc2nc3ccc(F)cc3[nH]2)ccn1. The van der Waals surface area contributed by atoms with Crippen molar-refractivity contribution in [3.63, 3.8) is 0 Å². The third-order valence-corrected chi connectivity index (χ3v) is 3.42. The zero-order chi connectivity index (χ0) is 16.4. The first-order chi connectivity index (χ1) is 11.1. The molecule has 23 heavy (non-hydrogen) atoms. The molecule has 0 aliphatic carbocycles. The zero-order valence-corrected chi connectivity index (χ0v) is 12.7. The first-order valence-corrected chi connectivity index (χ1v) is 6.96. The number of methoxy groups -OCH3 is 1. The number of halogens is 1. The van der Waals surface area contributed by atoms with Crippen molar-refractivity contribution in [1.29, 1.82) is 0 Å². The molecule has 1 amide bonds. The highest BCUT2D eigenvalue weighted by molar-refractivity contribution is 5.94. The van der Waals surface area contributed by atoms with Gasteiger partial charge in [-0.15, -0.1) is 0 Å². The largest absolute Gasteiger partial charge is 0.481 e. The van der Waals surface area contributed by atoms with E-state index < -0.39 is 0 Å². The van der Waals surface area contributed by atoms with Gasteiger partial charge in [-0.3, -0.25) is 4.79 Å². The second kappa shape index (κ2) is 6.04. The molecular formula is C16H15FN4O2. The molecule has 7 heteroatoms. The van der Waals surface area contributed by atoms with Gasteiger partial charge in [0.05, 0.1) is 24.7 Å². The molecule has 1 N–H and O–H groups in total.